The number of nitrogens with one attached hydrogen (secondary N) is 1. The molecule has 1 amide bonds. The van der Waals surface area contributed by atoms with Crippen LogP contribution in [0.15, 0.2) is 29.4 Å². The Hall–Kier alpha value is -2.14. The van der Waals surface area contributed by atoms with Crippen molar-refractivity contribution < 1.29 is 17.6 Å². The molecule has 27 heavy (non-hydrogen) atoms. The molecule has 11 heteroatoms. The highest BCUT2D eigenvalue weighted by atomic mass is 32.2. The molecular formula is C16H20FN5O3S2. The molecule has 1 aliphatic heterocycles. The molecule has 8 nitrogen and oxygen atoms in total. The topological polar surface area (TPSA) is 120 Å². The second-order valence-electron chi connectivity index (χ2n) is 6.41. The molecule has 3 N–H and O–H groups in total. The first-order valence-electron chi connectivity index (χ1n) is 8.35. The van der Waals surface area contributed by atoms with E-state index in [-0.39, 0.29) is 35.7 Å². The van der Waals surface area contributed by atoms with Crippen molar-refractivity contribution in [2.75, 3.05) is 17.3 Å². The van der Waals surface area contributed by atoms with Crippen molar-refractivity contribution >= 4 is 27.5 Å². The van der Waals surface area contributed by atoms with Crippen LogP contribution in [-0.2, 0) is 21.1 Å². The number of aromatic nitrogens is 3. The van der Waals surface area contributed by atoms with Crippen molar-refractivity contribution in [3.05, 3.63) is 41.5 Å². The van der Waals surface area contributed by atoms with E-state index in [1.165, 1.54) is 10.7 Å². The number of amides is 1. The van der Waals surface area contributed by atoms with E-state index in [0.717, 1.165) is 11.8 Å². The molecule has 2 aromatic rings. The summed E-state index contributed by atoms with van der Waals surface area (Å²) in [5.74, 6) is 5.78. The highest BCUT2D eigenvalue weighted by Crippen LogP contribution is 2.22. The molecule has 3 rings (SSSR count). The number of nitrogen functional groups attached to an aromatic ring is 1. The summed E-state index contributed by atoms with van der Waals surface area (Å²) in [7, 11) is -3.06. The van der Waals surface area contributed by atoms with Gasteiger partial charge in [-0.1, -0.05) is 30.0 Å². The molecule has 1 fully saturated rings. The summed E-state index contributed by atoms with van der Waals surface area (Å²) in [5, 5.41) is 10.5. The van der Waals surface area contributed by atoms with E-state index in [1.807, 2.05) is 0 Å². The van der Waals surface area contributed by atoms with Gasteiger partial charge in [0, 0.05) is 12.5 Å². The third-order valence-corrected chi connectivity index (χ3v) is 7.10. The predicted octanol–water partition coefficient (Wildman–Crippen LogP) is 0.506. The van der Waals surface area contributed by atoms with E-state index in [2.05, 4.69) is 15.5 Å². The van der Waals surface area contributed by atoms with E-state index in [0.29, 0.717) is 23.0 Å². The number of rotatable bonds is 6. The maximum Gasteiger partial charge on any atom is 0.233 e. The van der Waals surface area contributed by atoms with Gasteiger partial charge in [-0.25, -0.2) is 17.5 Å². The zero-order chi connectivity index (χ0) is 19.6. The Balaban J connectivity index is 1.61. The largest absolute Gasteiger partial charge is 0.351 e. The monoisotopic (exact) mass is 413 g/mol. The van der Waals surface area contributed by atoms with Crippen LogP contribution in [0.4, 0.5) is 4.39 Å². The first kappa shape index (κ1) is 19.6. The number of carbonyl (C=O) groups excluding carboxylic acids is 1. The summed E-state index contributed by atoms with van der Waals surface area (Å²) in [6.45, 7) is 1.68. The normalized spacial score (nSPS) is 19.7. The average molecular weight is 414 g/mol. The van der Waals surface area contributed by atoms with E-state index < -0.39 is 15.1 Å². The Morgan fingerprint density at radius 1 is 1.44 bits per heavy atom. The van der Waals surface area contributed by atoms with Crippen molar-refractivity contribution in [3.8, 4) is 0 Å². The maximum absolute atomic E-state index is 13.8. The van der Waals surface area contributed by atoms with Gasteiger partial charge in [-0.2, -0.15) is 0 Å². The van der Waals surface area contributed by atoms with Crippen LogP contribution in [0.2, 0.25) is 0 Å². The van der Waals surface area contributed by atoms with Crippen LogP contribution in [0.5, 0.6) is 0 Å². The number of nitrogens with two attached hydrogens (primary N) is 1. The number of sulfone groups is 1. The van der Waals surface area contributed by atoms with Crippen LogP contribution in [0, 0.1) is 5.82 Å². The molecule has 146 valence electrons. The number of hydrogen-bond donors (Lipinski definition) is 2. The molecule has 1 aliphatic rings. The molecule has 0 radical (unpaired) electrons. The maximum atomic E-state index is 13.8. The van der Waals surface area contributed by atoms with Crippen molar-refractivity contribution in [3.63, 3.8) is 0 Å². The molecule has 0 unspecified atom stereocenters. The third-order valence-electron chi connectivity index (χ3n) is 4.27. The fraction of sp³-hybridized carbons (Fsp3) is 0.438. The molecule has 0 saturated carbocycles. The molecule has 0 aliphatic carbocycles. The zero-order valence-corrected chi connectivity index (χ0v) is 16.3. The van der Waals surface area contributed by atoms with Gasteiger partial charge in [0.2, 0.25) is 11.1 Å². The van der Waals surface area contributed by atoms with Gasteiger partial charge in [0.1, 0.15) is 5.82 Å². The first-order chi connectivity index (χ1) is 12.7. The second-order valence-corrected chi connectivity index (χ2v) is 9.94. The van der Waals surface area contributed by atoms with Gasteiger partial charge < -0.3 is 11.2 Å². The lowest BCUT2D eigenvalue weighted by molar-refractivity contribution is -0.120. The lowest BCUT2D eigenvalue weighted by atomic mass is 10.1. The Morgan fingerprint density at radius 2 is 2.19 bits per heavy atom. The van der Waals surface area contributed by atoms with Gasteiger partial charge in [0.15, 0.2) is 15.7 Å². The van der Waals surface area contributed by atoms with Crippen LogP contribution >= 0.6 is 11.8 Å². The van der Waals surface area contributed by atoms with Gasteiger partial charge in [0.25, 0.3) is 0 Å². The quantitative estimate of drug-likeness (QED) is 0.523. The third kappa shape index (κ3) is 4.78. The number of halogens is 1. The van der Waals surface area contributed by atoms with Crippen LogP contribution in [0.25, 0.3) is 0 Å². The summed E-state index contributed by atoms with van der Waals surface area (Å²) >= 11 is 1.11. The van der Waals surface area contributed by atoms with Crippen LogP contribution in [0.3, 0.4) is 0 Å². The standard InChI is InChI=1S/C16H20FN5O3S2/c1-10(15(23)19-12-6-7-27(24,25)9-12)26-16-21-20-14(22(16)18)8-11-4-2-3-5-13(11)17/h2-5,10,12H,6-9,18H2,1H3,(H,19,23)/t10-,12-/m0/s1. The van der Waals surface area contributed by atoms with Crippen LogP contribution in [0.1, 0.15) is 24.7 Å². The highest BCUT2D eigenvalue weighted by molar-refractivity contribution is 8.00. The molecule has 1 aromatic heterocycles. The number of hydrogen-bond acceptors (Lipinski definition) is 7. The molecule has 2 heterocycles. The van der Waals surface area contributed by atoms with E-state index in [9.17, 15) is 17.6 Å². The Kier molecular flexibility index (Phi) is 5.70. The number of carbonyl (C=O) groups is 1. The van der Waals surface area contributed by atoms with Crippen molar-refractivity contribution in [1.82, 2.24) is 20.2 Å². The minimum absolute atomic E-state index is 0.0318. The Labute approximate surface area is 160 Å². The minimum atomic E-state index is -3.06. The lowest BCUT2D eigenvalue weighted by Gasteiger charge is -2.15. The Morgan fingerprint density at radius 3 is 2.85 bits per heavy atom. The van der Waals surface area contributed by atoms with Crippen molar-refractivity contribution in [2.24, 2.45) is 0 Å². The molecule has 0 spiro atoms. The molecule has 2 atom stereocenters. The van der Waals surface area contributed by atoms with Crippen LogP contribution < -0.4 is 11.2 Å². The van der Waals surface area contributed by atoms with E-state index in [1.54, 1.807) is 25.1 Å². The summed E-state index contributed by atoms with van der Waals surface area (Å²) in [4.78, 5) is 12.3. The first-order valence-corrected chi connectivity index (χ1v) is 11.1. The highest BCUT2D eigenvalue weighted by Gasteiger charge is 2.30. The van der Waals surface area contributed by atoms with Crippen molar-refractivity contribution in [2.45, 2.75) is 36.2 Å². The molecule has 1 saturated heterocycles. The SMILES string of the molecule is C[C@H](Sc1nnc(Cc2ccccc2F)n1N)C(=O)N[C@H]1CCS(=O)(=O)C1. The van der Waals surface area contributed by atoms with Gasteiger partial charge in [-0.15, -0.1) is 10.2 Å². The lowest BCUT2D eigenvalue weighted by Crippen LogP contribution is -2.40. The number of thioether (sulfide) groups is 1. The summed E-state index contributed by atoms with van der Waals surface area (Å²) in [6, 6.07) is 5.96. The minimum Gasteiger partial charge on any atom is -0.351 e. The molecule has 0 bridgehead atoms. The fourth-order valence-corrected chi connectivity index (χ4v) is 5.23. The Bertz CT molecular complexity index is 947. The van der Waals surface area contributed by atoms with Crippen molar-refractivity contribution in [1.29, 1.82) is 0 Å². The molecular weight excluding hydrogens is 393 g/mol. The van der Waals surface area contributed by atoms with Crippen LogP contribution in [-0.4, -0.2) is 52.0 Å². The van der Waals surface area contributed by atoms with Gasteiger partial charge in [-0.3, -0.25) is 4.79 Å². The number of nitrogens with zero attached hydrogens (tertiary/aromatic N) is 3. The second kappa shape index (κ2) is 7.85. The summed E-state index contributed by atoms with van der Waals surface area (Å²) in [5.41, 5.74) is 0.446. The number of benzene rings is 1. The zero-order valence-electron chi connectivity index (χ0n) is 14.6. The van der Waals surface area contributed by atoms with Gasteiger partial charge in [0.05, 0.1) is 16.8 Å². The molecule has 1 aromatic carbocycles. The predicted molar refractivity (Wildman–Crippen MR) is 99.9 cm³/mol. The summed E-state index contributed by atoms with van der Waals surface area (Å²) < 4.78 is 38.0. The average Bonchev–Trinajstić information content (AvgIpc) is 3.12. The van der Waals surface area contributed by atoms with Gasteiger partial charge >= 0.3 is 0 Å². The summed E-state index contributed by atoms with van der Waals surface area (Å²) in [6.07, 6.45) is 0.600. The fourth-order valence-electron chi connectivity index (χ4n) is 2.76. The van der Waals surface area contributed by atoms with E-state index >= 15 is 0 Å². The van der Waals surface area contributed by atoms with E-state index in [4.69, 9.17) is 5.84 Å². The van der Waals surface area contributed by atoms with Gasteiger partial charge in [-0.05, 0) is 25.0 Å². The smallest absolute Gasteiger partial charge is 0.233 e.